The number of nitrogens with zero attached hydrogens (tertiary/aromatic N) is 2. The molecular formula is C17H24N4OS. The number of carbonyl (C=O) groups is 1. The molecule has 1 saturated heterocycles. The minimum Gasteiger partial charge on any atom is -0.357 e. The number of aryl methyl sites for hydroxylation is 1. The van der Waals surface area contributed by atoms with Crippen molar-refractivity contribution in [2.75, 3.05) is 19.6 Å². The maximum atomic E-state index is 12.2. The van der Waals surface area contributed by atoms with Gasteiger partial charge < -0.3 is 10.3 Å². The van der Waals surface area contributed by atoms with Gasteiger partial charge in [0.25, 0.3) is 5.91 Å². The molecule has 6 heteroatoms. The first kappa shape index (κ1) is 16.2. The maximum Gasteiger partial charge on any atom is 0.267 e. The molecule has 3 rings (SSSR count). The minimum atomic E-state index is -0.0483. The highest BCUT2D eigenvalue weighted by molar-refractivity contribution is 7.09. The molecule has 1 fully saturated rings. The average molecular weight is 332 g/mol. The van der Waals surface area contributed by atoms with Gasteiger partial charge in [-0.05, 0) is 39.3 Å². The Labute approximate surface area is 141 Å². The fraction of sp³-hybridized carbons (Fsp3) is 0.529. The number of carbonyl (C=O) groups excluding carboxylic acids is 1. The van der Waals surface area contributed by atoms with Crippen LogP contribution in [0.15, 0.2) is 17.6 Å². The van der Waals surface area contributed by atoms with Gasteiger partial charge in [0.05, 0.1) is 10.7 Å². The smallest absolute Gasteiger partial charge is 0.267 e. The molecule has 1 aliphatic rings. The van der Waals surface area contributed by atoms with E-state index in [-0.39, 0.29) is 5.91 Å². The number of piperidine rings is 1. The second-order valence-electron chi connectivity index (χ2n) is 6.19. The van der Waals surface area contributed by atoms with Crippen LogP contribution >= 0.6 is 11.3 Å². The minimum absolute atomic E-state index is 0.0483. The van der Waals surface area contributed by atoms with E-state index < -0.39 is 0 Å². The molecule has 3 heterocycles. The zero-order valence-corrected chi connectivity index (χ0v) is 14.6. The molecule has 2 aromatic heterocycles. The first-order chi connectivity index (χ1) is 11.1. The van der Waals surface area contributed by atoms with Crippen molar-refractivity contribution in [3.8, 4) is 11.3 Å². The number of likely N-dealkylation sites (tertiary alicyclic amines) is 1. The predicted molar refractivity (Wildman–Crippen MR) is 93.9 cm³/mol. The number of rotatable bonds is 5. The fourth-order valence-corrected chi connectivity index (χ4v) is 3.69. The molecule has 0 spiro atoms. The Balaban J connectivity index is 1.51. The van der Waals surface area contributed by atoms with Crippen molar-refractivity contribution in [3.63, 3.8) is 0 Å². The second kappa shape index (κ2) is 7.27. The van der Waals surface area contributed by atoms with Crippen molar-refractivity contribution in [2.45, 2.75) is 39.2 Å². The third kappa shape index (κ3) is 4.00. The number of amides is 1. The molecule has 1 amide bonds. The van der Waals surface area contributed by atoms with Crippen LogP contribution in [0.4, 0.5) is 0 Å². The zero-order valence-electron chi connectivity index (χ0n) is 13.8. The van der Waals surface area contributed by atoms with Crippen LogP contribution in [0.3, 0.4) is 0 Å². The van der Waals surface area contributed by atoms with E-state index in [0.717, 1.165) is 29.4 Å². The van der Waals surface area contributed by atoms with E-state index in [1.54, 1.807) is 11.3 Å². The van der Waals surface area contributed by atoms with Crippen LogP contribution in [0, 0.1) is 6.92 Å². The zero-order chi connectivity index (χ0) is 16.2. The number of nitrogens with one attached hydrogen (secondary N) is 2. The maximum absolute atomic E-state index is 12.2. The van der Waals surface area contributed by atoms with Crippen LogP contribution in [-0.4, -0.2) is 46.5 Å². The largest absolute Gasteiger partial charge is 0.357 e. The summed E-state index contributed by atoms with van der Waals surface area (Å²) in [5, 5.41) is 6.05. The van der Waals surface area contributed by atoms with Crippen LogP contribution in [0.25, 0.3) is 11.3 Å². The molecule has 0 unspecified atom stereocenters. The molecular weight excluding hydrogens is 308 g/mol. The molecule has 1 aliphatic heterocycles. The van der Waals surface area contributed by atoms with E-state index in [0.29, 0.717) is 18.3 Å². The van der Waals surface area contributed by atoms with Crippen molar-refractivity contribution in [1.29, 1.82) is 0 Å². The van der Waals surface area contributed by atoms with Gasteiger partial charge in [-0.1, -0.05) is 6.42 Å². The molecule has 0 bridgehead atoms. The lowest BCUT2D eigenvalue weighted by Crippen LogP contribution is -2.42. The van der Waals surface area contributed by atoms with Crippen molar-refractivity contribution in [3.05, 3.63) is 28.3 Å². The Bertz CT molecular complexity index is 663. The third-order valence-electron chi connectivity index (χ3n) is 4.47. The Morgan fingerprint density at radius 3 is 3.13 bits per heavy atom. The van der Waals surface area contributed by atoms with E-state index in [9.17, 15) is 4.79 Å². The molecule has 0 aromatic carbocycles. The number of hydrogen-bond donors (Lipinski definition) is 2. The second-order valence-corrected chi connectivity index (χ2v) is 7.25. The highest BCUT2D eigenvalue weighted by Crippen LogP contribution is 2.22. The summed E-state index contributed by atoms with van der Waals surface area (Å²) in [6.07, 6.45) is 5.70. The van der Waals surface area contributed by atoms with Crippen LogP contribution in [0.5, 0.6) is 0 Å². The Morgan fingerprint density at radius 2 is 2.39 bits per heavy atom. The van der Waals surface area contributed by atoms with Crippen LogP contribution in [-0.2, 0) is 0 Å². The van der Waals surface area contributed by atoms with Crippen LogP contribution in [0.1, 0.15) is 41.7 Å². The van der Waals surface area contributed by atoms with Gasteiger partial charge in [0.1, 0.15) is 5.69 Å². The molecule has 124 valence electrons. The molecule has 0 radical (unpaired) electrons. The van der Waals surface area contributed by atoms with Gasteiger partial charge in [-0.25, -0.2) is 4.98 Å². The normalized spacial score (nSPS) is 19.0. The molecule has 1 atom stereocenters. The van der Waals surface area contributed by atoms with Gasteiger partial charge in [-0.15, -0.1) is 11.3 Å². The Hall–Kier alpha value is -1.66. The molecule has 2 aromatic rings. The lowest BCUT2D eigenvalue weighted by atomic mass is 10.0. The standard InChI is InChI=1S/C17H24N4OS/c1-12-5-3-4-7-21(12)8-6-18-17(22)15-9-14(10-19-15)16-11-23-13(2)20-16/h9-12,19H,3-8H2,1-2H3,(H,18,22)/t12-/m1/s1. The van der Waals surface area contributed by atoms with Gasteiger partial charge in [0, 0.05) is 36.3 Å². The Kier molecular flexibility index (Phi) is 5.13. The third-order valence-corrected chi connectivity index (χ3v) is 5.24. The van der Waals surface area contributed by atoms with Gasteiger partial charge in [-0.2, -0.15) is 0 Å². The Morgan fingerprint density at radius 1 is 1.52 bits per heavy atom. The molecule has 23 heavy (non-hydrogen) atoms. The average Bonchev–Trinajstić information content (AvgIpc) is 3.18. The van der Waals surface area contributed by atoms with E-state index in [2.05, 4.69) is 27.1 Å². The molecule has 0 aliphatic carbocycles. The van der Waals surface area contributed by atoms with E-state index >= 15 is 0 Å². The first-order valence-electron chi connectivity index (χ1n) is 8.26. The summed E-state index contributed by atoms with van der Waals surface area (Å²) in [4.78, 5) is 22.2. The summed E-state index contributed by atoms with van der Waals surface area (Å²) in [5.41, 5.74) is 2.48. The lowest BCUT2D eigenvalue weighted by Gasteiger charge is -2.33. The summed E-state index contributed by atoms with van der Waals surface area (Å²) in [5.74, 6) is -0.0483. The summed E-state index contributed by atoms with van der Waals surface area (Å²) < 4.78 is 0. The van der Waals surface area contributed by atoms with E-state index in [1.807, 2.05) is 24.6 Å². The van der Waals surface area contributed by atoms with Crippen molar-refractivity contribution in [2.24, 2.45) is 0 Å². The lowest BCUT2D eigenvalue weighted by molar-refractivity contribution is 0.0934. The van der Waals surface area contributed by atoms with Crippen LogP contribution < -0.4 is 5.32 Å². The van der Waals surface area contributed by atoms with Crippen molar-refractivity contribution >= 4 is 17.2 Å². The van der Waals surface area contributed by atoms with Gasteiger partial charge in [-0.3, -0.25) is 9.69 Å². The summed E-state index contributed by atoms with van der Waals surface area (Å²) >= 11 is 1.62. The van der Waals surface area contributed by atoms with E-state index in [1.165, 1.54) is 19.3 Å². The number of hydrogen-bond acceptors (Lipinski definition) is 4. The number of aromatic nitrogens is 2. The molecule has 0 saturated carbocycles. The highest BCUT2D eigenvalue weighted by Gasteiger charge is 2.18. The number of thiazole rings is 1. The predicted octanol–water partition coefficient (Wildman–Crippen LogP) is 3.05. The summed E-state index contributed by atoms with van der Waals surface area (Å²) in [6, 6.07) is 2.50. The van der Waals surface area contributed by atoms with Crippen molar-refractivity contribution in [1.82, 2.24) is 20.2 Å². The SMILES string of the molecule is Cc1nc(-c2c[nH]c(C(=O)NCCN3CCCC[C@H]3C)c2)cs1. The van der Waals surface area contributed by atoms with E-state index in [4.69, 9.17) is 0 Å². The number of aromatic amines is 1. The van der Waals surface area contributed by atoms with Gasteiger partial charge in [0.15, 0.2) is 0 Å². The fourth-order valence-electron chi connectivity index (χ4n) is 3.07. The molecule has 5 nitrogen and oxygen atoms in total. The van der Waals surface area contributed by atoms with Crippen LogP contribution in [0.2, 0.25) is 0 Å². The topological polar surface area (TPSA) is 61.0 Å². The van der Waals surface area contributed by atoms with Gasteiger partial charge >= 0.3 is 0 Å². The summed E-state index contributed by atoms with van der Waals surface area (Å²) in [7, 11) is 0. The molecule has 2 N–H and O–H groups in total. The first-order valence-corrected chi connectivity index (χ1v) is 9.14. The quantitative estimate of drug-likeness (QED) is 0.885. The number of H-pyrrole nitrogens is 1. The van der Waals surface area contributed by atoms with Gasteiger partial charge in [0.2, 0.25) is 0 Å². The monoisotopic (exact) mass is 332 g/mol. The highest BCUT2D eigenvalue weighted by atomic mass is 32.1. The summed E-state index contributed by atoms with van der Waals surface area (Å²) in [6.45, 7) is 7.01. The van der Waals surface area contributed by atoms with Crippen molar-refractivity contribution < 1.29 is 4.79 Å².